The molecule has 1 heterocycles. The third-order valence-electron chi connectivity index (χ3n) is 7.21. The molecule has 142 valence electrons. The highest BCUT2D eigenvalue weighted by atomic mass is 16.2. The third-order valence-corrected chi connectivity index (χ3v) is 7.21. The monoisotopic (exact) mass is 365 g/mol. The minimum atomic E-state index is -0.301. The summed E-state index contributed by atoms with van der Waals surface area (Å²) in [7, 11) is 0. The zero-order valence-corrected chi connectivity index (χ0v) is 16.3. The molecule has 2 atom stereocenters. The summed E-state index contributed by atoms with van der Waals surface area (Å²) in [6.45, 7) is 6.06. The smallest absolute Gasteiger partial charge is 0.230 e. The van der Waals surface area contributed by atoms with Gasteiger partial charge in [0.2, 0.25) is 5.91 Å². The first kappa shape index (κ1) is 16.9. The van der Waals surface area contributed by atoms with Gasteiger partial charge in [-0.3, -0.25) is 4.79 Å². The van der Waals surface area contributed by atoms with Crippen molar-refractivity contribution in [2.45, 2.75) is 64.8 Å². The fourth-order valence-electron chi connectivity index (χ4n) is 6.28. The van der Waals surface area contributed by atoms with E-state index in [1.54, 1.807) is 0 Å². The normalized spacial score (nSPS) is 34.0. The van der Waals surface area contributed by atoms with Crippen LogP contribution in [0.3, 0.4) is 0 Å². The SMILES string of the molecule is Cc1nnn(C23CC4CC(CC(C(=O)Nc5ccc(C)c(C)c5)(C4)C2)C3)n1. The minimum Gasteiger partial charge on any atom is -0.326 e. The maximum Gasteiger partial charge on any atom is 0.230 e. The number of amides is 1. The molecule has 6 rings (SSSR count). The van der Waals surface area contributed by atoms with Gasteiger partial charge in [-0.1, -0.05) is 6.07 Å². The van der Waals surface area contributed by atoms with Crippen molar-refractivity contribution >= 4 is 11.6 Å². The van der Waals surface area contributed by atoms with Gasteiger partial charge in [0.1, 0.15) is 0 Å². The summed E-state index contributed by atoms with van der Waals surface area (Å²) in [5, 5.41) is 16.2. The van der Waals surface area contributed by atoms with Crippen LogP contribution < -0.4 is 5.32 Å². The maximum atomic E-state index is 13.5. The molecule has 27 heavy (non-hydrogen) atoms. The molecule has 1 aromatic carbocycles. The number of hydrogen-bond acceptors (Lipinski definition) is 4. The Balaban J connectivity index is 1.46. The van der Waals surface area contributed by atoms with E-state index in [9.17, 15) is 4.79 Å². The molecule has 4 saturated carbocycles. The average Bonchev–Trinajstić information content (AvgIpc) is 3.04. The number of carbonyl (C=O) groups is 1. The van der Waals surface area contributed by atoms with Crippen LogP contribution in [-0.4, -0.2) is 26.1 Å². The second-order valence-corrected chi connectivity index (χ2v) is 9.34. The van der Waals surface area contributed by atoms with Crippen LogP contribution in [-0.2, 0) is 10.3 Å². The molecule has 6 nitrogen and oxygen atoms in total. The number of rotatable bonds is 3. The number of anilines is 1. The predicted molar refractivity (Wildman–Crippen MR) is 102 cm³/mol. The molecule has 6 heteroatoms. The first-order valence-corrected chi connectivity index (χ1v) is 10.0. The van der Waals surface area contributed by atoms with Crippen LogP contribution in [0.15, 0.2) is 18.2 Å². The number of carbonyl (C=O) groups excluding carboxylic acids is 1. The van der Waals surface area contributed by atoms with Gasteiger partial charge >= 0.3 is 0 Å². The van der Waals surface area contributed by atoms with Crippen LogP contribution in [0.25, 0.3) is 0 Å². The number of nitrogens with zero attached hydrogens (tertiary/aromatic N) is 4. The molecular formula is C21H27N5O. The van der Waals surface area contributed by atoms with Gasteiger partial charge < -0.3 is 5.32 Å². The van der Waals surface area contributed by atoms with Crippen LogP contribution in [0.4, 0.5) is 5.69 Å². The van der Waals surface area contributed by atoms with Crippen molar-refractivity contribution in [2.75, 3.05) is 5.32 Å². The predicted octanol–water partition coefficient (Wildman–Crippen LogP) is 3.53. The van der Waals surface area contributed by atoms with Gasteiger partial charge in [0.25, 0.3) is 0 Å². The summed E-state index contributed by atoms with van der Waals surface area (Å²) in [6.07, 6.45) is 6.23. The van der Waals surface area contributed by atoms with E-state index in [2.05, 4.69) is 46.7 Å². The molecule has 2 aromatic rings. The minimum absolute atomic E-state index is 0.133. The standard InChI is InChI=1S/C21H27N5O/c1-13-4-5-18(6-14(13)2)22-19(27)20-8-16-7-17(9-20)11-21(10-16,12-20)26-24-15(3)23-25-26/h4-6,16-17H,7-12H2,1-3H3,(H,22,27). The lowest BCUT2D eigenvalue weighted by molar-refractivity contribution is -0.152. The number of aryl methyl sites for hydroxylation is 3. The van der Waals surface area contributed by atoms with Crippen LogP contribution in [0.2, 0.25) is 0 Å². The second kappa shape index (κ2) is 5.63. The summed E-state index contributed by atoms with van der Waals surface area (Å²) in [5.74, 6) is 2.06. The van der Waals surface area contributed by atoms with Crippen molar-refractivity contribution in [1.29, 1.82) is 0 Å². The molecule has 2 unspecified atom stereocenters. The average molecular weight is 365 g/mol. The van der Waals surface area contributed by atoms with E-state index in [1.807, 2.05) is 17.8 Å². The van der Waals surface area contributed by atoms with Gasteiger partial charge in [-0.2, -0.15) is 4.80 Å². The molecule has 4 fully saturated rings. The van der Waals surface area contributed by atoms with Gasteiger partial charge in [0.05, 0.1) is 11.0 Å². The van der Waals surface area contributed by atoms with E-state index in [1.165, 1.54) is 17.5 Å². The Morgan fingerprint density at radius 3 is 2.48 bits per heavy atom. The quantitative estimate of drug-likeness (QED) is 0.903. The first-order chi connectivity index (χ1) is 12.9. The van der Waals surface area contributed by atoms with E-state index in [4.69, 9.17) is 0 Å². The number of benzene rings is 1. The molecule has 1 N–H and O–H groups in total. The van der Waals surface area contributed by atoms with E-state index >= 15 is 0 Å². The number of aromatic nitrogens is 4. The molecule has 0 spiro atoms. The van der Waals surface area contributed by atoms with Crippen LogP contribution >= 0.6 is 0 Å². The Morgan fingerprint density at radius 2 is 1.85 bits per heavy atom. The van der Waals surface area contributed by atoms with Gasteiger partial charge in [0.15, 0.2) is 5.82 Å². The van der Waals surface area contributed by atoms with Crippen LogP contribution in [0.5, 0.6) is 0 Å². The molecule has 4 aliphatic carbocycles. The number of tetrazole rings is 1. The Morgan fingerprint density at radius 1 is 1.11 bits per heavy atom. The lowest BCUT2D eigenvalue weighted by atomic mass is 9.46. The summed E-state index contributed by atoms with van der Waals surface area (Å²) < 4.78 is 0. The number of nitrogens with one attached hydrogen (secondary N) is 1. The van der Waals surface area contributed by atoms with E-state index in [0.29, 0.717) is 17.7 Å². The van der Waals surface area contributed by atoms with E-state index in [-0.39, 0.29) is 16.9 Å². The van der Waals surface area contributed by atoms with Crippen molar-refractivity contribution in [2.24, 2.45) is 17.3 Å². The molecule has 0 saturated heterocycles. The number of hydrogen-bond donors (Lipinski definition) is 1. The fourth-order valence-corrected chi connectivity index (χ4v) is 6.28. The summed E-state index contributed by atoms with van der Waals surface area (Å²) in [5.41, 5.74) is 2.92. The summed E-state index contributed by atoms with van der Waals surface area (Å²) in [4.78, 5) is 15.3. The Hall–Kier alpha value is -2.24. The zero-order chi connectivity index (χ0) is 18.8. The van der Waals surface area contributed by atoms with Crippen molar-refractivity contribution < 1.29 is 4.79 Å². The van der Waals surface area contributed by atoms with E-state index in [0.717, 1.165) is 37.8 Å². The first-order valence-electron chi connectivity index (χ1n) is 10.0. The highest BCUT2D eigenvalue weighted by Gasteiger charge is 2.62. The fraction of sp³-hybridized carbons (Fsp3) is 0.619. The van der Waals surface area contributed by atoms with Gasteiger partial charge in [-0.25, -0.2) is 0 Å². The third kappa shape index (κ3) is 2.60. The van der Waals surface area contributed by atoms with Crippen molar-refractivity contribution in [3.8, 4) is 0 Å². The largest absolute Gasteiger partial charge is 0.326 e. The maximum absolute atomic E-state index is 13.5. The van der Waals surface area contributed by atoms with Crippen molar-refractivity contribution in [1.82, 2.24) is 20.2 Å². The second-order valence-electron chi connectivity index (χ2n) is 9.34. The zero-order valence-electron chi connectivity index (χ0n) is 16.3. The molecule has 1 amide bonds. The van der Waals surface area contributed by atoms with Gasteiger partial charge in [-0.15, -0.1) is 10.2 Å². The Kier molecular flexibility index (Phi) is 3.52. The van der Waals surface area contributed by atoms with Crippen LogP contribution in [0.1, 0.15) is 55.5 Å². The highest BCUT2D eigenvalue weighted by molar-refractivity contribution is 5.95. The van der Waals surface area contributed by atoms with E-state index < -0.39 is 0 Å². The lowest BCUT2D eigenvalue weighted by Crippen LogP contribution is -2.60. The van der Waals surface area contributed by atoms with Crippen LogP contribution in [0, 0.1) is 38.0 Å². The molecule has 0 radical (unpaired) electrons. The molecular weight excluding hydrogens is 338 g/mol. The van der Waals surface area contributed by atoms with Gasteiger partial charge in [0, 0.05) is 5.69 Å². The van der Waals surface area contributed by atoms with Crippen molar-refractivity contribution in [3.05, 3.63) is 35.2 Å². The molecule has 4 aliphatic rings. The van der Waals surface area contributed by atoms with Crippen molar-refractivity contribution in [3.63, 3.8) is 0 Å². The summed E-state index contributed by atoms with van der Waals surface area (Å²) >= 11 is 0. The molecule has 1 aromatic heterocycles. The molecule has 0 aliphatic heterocycles. The Bertz CT molecular complexity index is 903. The molecule has 4 bridgehead atoms. The Labute approximate surface area is 159 Å². The topological polar surface area (TPSA) is 72.7 Å². The highest BCUT2D eigenvalue weighted by Crippen LogP contribution is 2.64. The van der Waals surface area contributed by atoms with Gasteiger partial charge in [-0.05, 0) is 99.6 Å². The lowest BCUT2D eigenvalue weighted by Gasteiger charge is -2.60. The summed E-state index contributed by atoms with van der Waals surface area (Å²) in [6, 6.07) is 6.17.